The molecule has 32 heavy (non-hydrogen) atoms. The predicted octanol–water partition coefficient (Wildman–Crippen LogP) is 5.52. The van der Waals surface area contributed by atoms with Crippen molar-refractivity contribution in [2.75, 3.05) is 11.9 Å². The number of nitrogens with zero attached hydrogens (tertiary/aromatic N) is 1. The number of halogens is 2. The van der Waals surface area contributed by atoms with Crippen molar-refractivity contribution in [2.24, 2.45) is 0 Å². The number of para-hydroxylation sites is 1. The molecule has 1 fully saturated rings. The minimum atomic E-state index is -2.96. The topological polar surface area (TPSA) is 58.6 Å². The van der Waals surface area contributed by atoms with Crippen LogP contribution in [0.2, 0.25) is 0 Å². The molecule has 0 atom stereocenters. The number of benzene rings is 2. The molecule has 1 heterocycles. The number of carbonyl (C=O) groups excluding carboxylic acids is 2. The SMILES string of the molecule is Cc1ccc(NC(=O)CCCN2C(=O)C(=Cc3ccccc3OC(F)F)SC2=S)c(C)c1. The molecular weight excluding hydrogens is 454 g/mol. The van der Waals surface area contributed by atoms with Gasteiger partial charge in [0.05, 0.1) is 4.91 Å². The lowest BCUT2D eigenvalue weighted by atomic mass is 10.1. The van der Waals surface area contributed by atoms with E-state index in [1.54, 1.807) is 18.2 Å². The van der Waals surface area contributed by atoms with Crippen molar-refractivity contribution < 1.29 is 23.1 Å². The number of thioether (sulfide) groups is 1. The summed E-state index contributed by atoms with van der Waals surface area (Å²) in [5, 5.41) is 2.88. The van der Waals surface area contributed by atoms with Crippen LogP contribution in [-0.2, 0) is 9.59 Å². The molecular formula is C23H22F2N2O3S2. The van der Waals surface area contributed by atoms with Gasteiger partial charge in [0.2, 0.25) is 5.91 Å². The average molecular weight is 477 g/mol. The van der Waals surface area contributed by atoms with Gasteiger partial charge in [-0.3, -0.25) is 14.5 Å². The van der Waals surface area contributed by atoms with Crippen LogP contribution in [0.25, 0.3) is 6.08 Å². The van der Waals surface area contributed by atoms with E-state index in [1.807, 2.05) is 32.0 Å². The third-order valence-electron chi connectivity index (χ3n) is 4.74. The fourth-order valence-electron chi connectivity index (χ4n) is 3.20. The summed E-state index contributed by atoms with van der Waals surface area (Å²) in [4.78, 5) is 26.8. The number of ether oxygens (including phenoxy) is 1. The molecule has 0 aromatic heterocycles. The Balaban J connectivity index is 1.58. The number of anilines is 1. The molecule has 9 heteroatoms. The number of hydrogen-bond donors (Lipinski definition) is 1. The van der Waals surface area contributed by atoms with Crippen LogP contribution in [0.1, 0.15) is 29.5 Å². The first kappa shape index (κ1) is 23.9. The lowest BCUT2D eigenvalue weighted by Gasteiger charge is -2.14. The maximum Gasteiger partial charge on any atom is 0.387 e. The summed E-state index contributed by atoms with van der Waals surface area (Å²) in [6.07, 6.45) is 2.15. The van der Waals surface area contributed by atoms with Gasteiger partial charge < -0.3 is 10.1 Å². The van der Waals surface area contributed by atoms with Gasteiger partial charge in [-0.05, 0) is 44.0 Å². The van der Waals surface area contributed by atoms with Gasteiger partial charge in [0.25, 0.3) is 5.91 Å². The van der Waals surface area contributed by atoms with E-state index in [4.69, 9.17) is 12.2 Å². The van der Waals surface area contributed by atoms with E-state index < -0.39 is 6.61 Å². The standard InChI is InChI=1S/C23H22F2N2O3S2/c1-14-9-10-17(15(2)12-14)26-20(28)8-5-11-27-21(29)19(32-23(27)31)13-16-6-3-4-7-18(16)30-22(24)25/h3-4,6-7,9-10,12-13,22H,5,8,11H2,1-2H3,(H,26,28). The second-order valence-electron chi connectivity index (χ2n) is 7.22. The van der Waals surface area contributed by atoms with Crippen LogP contribution in [0.5, 0.6) is 5.75 Å². The highest BCUT2D eigenvalue weighted by molar-refractivity contribution is 8.26. The number of hydrogen-bond acceptors (Lipinski definition) is 5. The number of nitrogens with one attached hydrogen (secondary N) is 1. The lowest BCUT2D eigenvalue weighted by Crippen LogP contribution is -2.29. The molecule has 1 N–H and O–H groups in total. The van der Waals surface area contributed by atoms with Crippen LogP contribution >= 0.6 is 24.0 Å². The monoisotopic (exact) mass is 476 g/mol. The van der Waals surface area contributed by atoms with Crippen LogP contribution in [0.3, 0.4) is 0 Å². The van der Waals surface area contributed by atoms with Gasteiger partial charge >= 0.3 is 6.61 Å². The fraction of sp³-hybridized carbons (Fsp3) is 0.261. The van der Waals surface area contributed by atoms with Gasteiger partial charge in [0.15, 0.2) is 0 Å². The molecule has 5 nitrogen and oxygen atoms in total. The second kappa shape index (κ2) is 10.7. The molecule has 2 aromatic carbocycles. The molecule has 0 aliphatic carbocycles. The molecule has 2 amide bonds. The van der Waals surface area contributed by atoms with E-state index in [1.165, 1.54) is 17.0 Å². The van der Waals surface area contributed by atoms with Crippen LogP contribution in [0.4, 0.5) is 14.5 Å². The van der Waals surface area contributed by atoms with Crippen molar-refractivity contribution in [3.05, 3.63) is 64.1 Å². The summed E-state index contributed by atoms with van der Waals surface area (Å²) < 4.78 is 30.1. The van der Waals surface area contributed by atoms with Crippen LogP contribution in [0, 0.1) is 13.8 Å². The summed E-state index contributed by atoms with van der Waals surface area (Å²) in [5.41, 5.74) is 3.22. The molecule has 1 saturated heterocycles. The quantitative estimate of drug-likeness (QED) is 0.401. The lowest BCUT2D eigenvalue weighted by molar-refractivity contribution is -0.122. The maximum atomic E-state index is 12.8. The molecule has 0 spiro atoms. The van der Waals surface area contributed by atoms with Gasteiger partial charge in [-0.2, -0.15) is 8.78 Å². The smallest absolute Gasteiger partial charge is 0.387 e. The first-order valence-electron chi connectivity index (χ1n) is 9.91. The van der Waals surface area contributed by atoms with E-state index >= 15 is 0 Å². The normalized spacial score (nSPS) is 15.0. The zero-order valence-electron chi connectivity index (χ0n) is 17.6. The molecule has 168 valence electrons. The number of rotatable bonds is 8. The maximum absolute atomic E-state index is 12.8. The Kier molecular flexibility index (Phi) is 7.98. The summed E-state index contributed by atoms with van der Waals surface area (Å²) in [6.45, 7) is 1.24. The van der Waals surface area contributed by atoms with Crippen molar-refractivity contribution in [1.82, 2.24) is 4.90 Å². The number of carbonyl (C=O) groups is 2. The summed E-state index contributed by atoms with van der Waals surface area (Å²) in [5.74, 6) is -0.478. The van der Waals surface area contributed by atoms with Crippen molar-refractivity contribution in [1.29, 1.82) is 0 Å². The Morgan fingerprint density at radius 2 is 2.00 bits per heavy atom. The van der Waals surface area contributed by atoms with Gasteiger partial charge in [-0.25, -0.2) is 0 Å². The average Bonchev–Trinajstić information content (AvgIpc) is 2.98. The highest BCUT2D eigenvalue weighted by atomic mass is 32.2. The summed E-state index contributed by atoms with van der Waals surface area (Å²) >= 11 is 6.40. The molecule has 2 aromatic rings. The molecule has 0 radical (unpaired) electrons. The van der Waals surface area contributed by atoms with Gasteiger partial charge in [-0.1, -0.05) is 59.9 Å². The third kappa shape index (κ3) is 6.14. The number of amides is 2. The Labute approximate surface area is 194 Å². The molecule has 0 unspecified atom stereocenters. The summed E-state index contributed by atoms with van der Waals surface area (Å²) in [6, 6.07) is 12.0. The van der Waals surface area contributed by atoms with E-state index in [0.717, 1.165) is 28.6 Å². The van der Waals surface area contributed by atoms with E-state index in [2.05, 4.69) is 10.1 Å². The molecule has 0 saturated carbocycles. The van der Waals surface area contributed by atoms with Gasteiger partial charge in [0.1, 0.15) is 10.1 Å². The Bertz CT molecular complexity index is 1070. The molecule has 1 aliphatic heterocycles. The van der Waals surface area contributed by atoms with Crippen molar-refractivity contribution >= 4 is 51.9 Å². The first-order chi connectivity index (χ1) is 15.2. The van der Waals surface area contributed by atoms with Crippen molar-refractivity contribution in [3.63, 3.8) is 0 Å². The van der Waals surface area contributed by atoms with E-state index in [9.17, 15) is 18.4 Å². The number of thiocarbonyl (C=S) groups is 1. The van der Waals surface area contributed by atoms with Crippen molar-refractivity contribution in [2.45, 2.75) is 33.3 Å². The number of aryl methyl sites for hydroxylation is 2. The largest absolute Gasteiger partial charge is 0.434 e. The van der Waals surface area contributed by atoms with Crippen molar-refractivity contribution in [3.8, 4) is 5.75 Å². The van der Waals surface area contributed by atoms with Crippen LogP contribution in [-0.4, -0.2) is 34.2 Å². The molecule has 0 bridgehead atoms. The Morgan fingerprint density at radius 1 is 1.25 bits per heavy atom. The van der Waals surface area contributed by atoms with Gasteiger partial charge in [-0.15, -0.1) is 0 Å². The minimum absolute atomic E-state index is 0.0177. The zero-order chi connectivity index (χ0) is 23.3. The van der Waals surface area contributed by atoms with E-state index in [0.29, 0.717) is 21.2 Å². The van der Waals surface area contributed by atoms with E-state index in [-0.39, 0.29) is 30.5 Å². The minimum Gasteiger partial charge on any atom is -0.434 e. The zero-order valence-corrected chi connectivity index (χ0v) is 19.2. The molecule has 3 rings (SSSR count). The first-order valence-corrected chi connectivity index (χ1v) is 11.1. The fourth-order valence-corrected chi connectivity index (χ4v) is 4.50. The highest BCUT2D eigenvalue weighted by Crippen LogP contribution is 2.34. The highest BCUT2D eigenvalue weighted by Gasteiger charge is 2.32. The second-order valence-corrected chi connectivity index (χ2v) is 8.90. The third-order valence-corrected chi connectivity index (χ3v) is 6.11. The van der Waals surface area contributed by atoms with Crippen LogP contribution < -0.4 is 10.1 Å². The predicted molar refractivity (Wildman–Crippen MR) is 127 cm³/mol. The Morgan fingerprint density at radius 3 is 2.72 bits per heavy atom. The van der Waals surface area contributed by atoms with Gasteiger partial charge in [0, 0.05) is 24.2 Å². The molecule has 1 aliphatic rings. The van der Waals surface area contributed by atoms with Crippen LogP contribution in [0.15, 0.2) is 47.4 Å². The number of alkyl halides is 2. The summed E-state index contributed by atoms with van der Waals surface area (Å²) in [7, 11) is 0. The Hall–Kier alpha value is -2.78.